The molecule has 158 valence electrons. The number of carbonyl (C=O) groups is 2. The average Bonchev–Trinajstić information content (AvgIpc) is 2.63. The molecule has 0 heterocycles. The molecule has 28 heavy (non-hydrogen) atoms. The second-order valence-electron chi connectivity index (χ2n) is 5.98. The van der Waals surface area contributed by atoms with Gasteiger partial charge in [0.2, 0.25) is 11.8 Å². The monoisotopic (exact) mass is 733 g/mol. The molecule has 0 spiro atoms. The predicted octanol–water partition coefficient (Wildman–Crippen LogP) is 0.495. The Hall–Kier alpha value is -0.0100. The zero-order chi connectivity index (χ0) is 21.8. The van der Waals surface area contributed by atoms with Gasteiger partial charge in [-0.05, 0) is 67.8 Å². The normalized spacial score (nSPS) is 13.2. The summed E-state index contributed by atoms with van der Waals surface area (Å²) in [5, 5.41) is 38.0. The fourth-order valence-electron chi connectivity index (χ4n) is 2.42. The third-order valence-electron chi connectivity index (χ3n) is 3.81. The number of halogens is 3. The van der Waals surface area contributed by atoms with Crippen LogP contribution in [0.2, 0.25) is 0 Å². The van der Waals surface area contributed by atoms with Gasteiger partial charge < -0.3 is 36.0 Å². The van der Waals surface area contributed by atoms with Crippen molar-refractivity contribution in [1.82, 2.24) is 0 Å². The number of aliphatic hydroxyl groups is 4. The van der Waals surface area contributed by atoms with Gasteiger partial charge in [-0.15, -0.1) is 0 Å². The lowest BCUT2D eigenvalue weighted by atomic mass is 10.1. The first-order chi connectivity index (χ1) is 13.0. The Morgan fingerprint density at radius 1 is 0.857 bits per heavy atom. The molecule has 0 fully saturated rings. The standard InChI is InChI=1S/C16H22I3N3O6/c1-7(25)21(3-9(27)5-23)15-11(17)14(20)12(18)16(13(15)19)22(8(2)26)4-10(28)6-24/h9-10,23-24,27-28H,3-6,20H2,1-2H3. The molecule has 1 aromatic carbocycles. The number of nitrogen functional groups attached to an aromatic ring is 1. The molecule has 0 aliphatic carbocycles. The molecule has 0 aliphatic rings. The summed E-state index contributed by atoms with van der Waals surface area (Å²) in [7, 11) is 0. The van der Waals surface area contributed by atoms with Gasteiger partial charge in [-0.3, -0.25) is 9.59 Å². The van der Waals surface area contributed by atoms with Crippen molar-refractivity contribution in [2.75, 3.05) is 41.8 Å². The Balaban J connectivity index is 3.72. The Morgan fingerprint density at radius 2 is 1.18 bits per heavy atom. The van der Waals surface area contributed by atoms with Gasteiger partial charge in [0.15, 0.2) is 0 Å². The van der Waals surface area contributed by atoms with Crippen LogP contribution in [-0.4, -0.2) is 70.8 Å². The summed E-state index contributed by atoms with van der Waals surface area (Å²) in [6.45, 7) is 1.29. The molecular weight excluding hydrogens is 711 g/mol. The van der Waals surface area contributed by atoms with Crippen LogP contribution in [0, 0.1) is 10.7 Å². The highest BCUT2D eigenvalue weighted by atomic mass is 127. The van der Waals surface area contributed by atoms with Crippen molar-refractivity contribution in [3.8, 4) is 0 Å². The van der Waals surface area contributed by atoms with E-state index in [0.717, 1.165) is 0 Å². The molecule has 0 saturated carbocycles. The van der Waals surface area contributed by atoms with Crippen LogP contribution in [0.15, 0.2) is 0 Å². The molecule has 2 unspecified atom stereocenters. The van der Waals surface area contributed by atoms with Crippen LogP contribution >= 0.6 is 67.8 Å². The highest BCUT2D eigenvalue weighted by molar-refractivity contribution is 14.1. The largest absolute Gasteiger partial charge is 0.397 e. The van der Waals surface area contributed by atoms with Crippen LogP contribution in [0.1, 0.15) is 13.8 Å². The molecule has 0 aromatic heterocycles. The maximum atomic E-state index is 12.3. The maximum Gasteiger partial charge on any atom is 0.224 e. The minimum atomic E-state index is -1.15. The van der Waals surface area contributed by atoms with Gasteiger partial charge in [0.25, 0.3) is 0 Å². The number of nitrogens with two attached hydrogens (primary N) is 1. The SMILES string of the molecule is CC(=O)N(CC(O)CO)c1c(I)c(N)c(I)c(N(CC(O)CO)C(C)=O)c1I. The van der Waals surface area contributed by atoms with Crippen molar-refractivity contribution < 1.29 is 30.0 Å². The molecule has 6 N–H and O–H groups in total. The maximum absolute atomic E-state index is 12.3. The summed E-state index contributed by atoms with van der Waals surface area (Å²) in [6, 6.07) is 0. The second kappa shape index (κ2) is 11.4. The van der Waals surface area contributed by atoms with Crippen LogP contribution in [0.25, 0.3) is 0 Å². The van der Waals surface area contributed by atoms with Gasteiger partial charge in [0.1, 0.15) is 0 Å². The van der Waals surface area contributed by atoms with Gasteiger partial charge in [0.05, 0.1) is 66.3 Å². The molecule has 1 rings (SSSR count). The van der Waals surface area contributed by atoms with Crippen LogP contribution in [0.3, 0.4) is 0 Å². The van der Waals surface area contributed by atoms with Crippen molar-refractivity contribution in [2.24, 2.45) is 0 Å². The number of nitrogens with zero attached hydrogens (tertiary/aromatic N) is 2. The van der Waals surface area contributed by atoms with E-state index in [1.54, 1.807) is 0 Å². The van der Waals surface area contributed by atoms with Crippen LogP contribution in [-0.2, 0) is 9.59 Å². The highest BCUT2D eigenvalue weighted by Crippen LogP contribution is 2.44. The predicted molar refractivity (Wildman–Crippen MR) is 131 cm³/mol. The van der Waals surface area contributed by atoms with Crippen molar-refractivity contribution in [1.29, 1.82) is 0 Å². The molecular formula is C16H22I3N3O6. The first-order valence-electron chi connectivity index (χ1n) is 8.07. The topological polar surface area (TPSA) is 148 Å². The Bertz CT molecular complexity index is 692. The zero-order valence-electron chi connectivity index (χ0n) is 15.2. The lowest BCUT2D eigenvalue weighted by Crippen LogP contribution is -2.41. The zero-order valence-corrected chi connectivity index (χ0v) is 21.7. The third kappa shape index (κ3) is 6.00. The van der Waals surface area contributed by atoms with Crippen molar-refractivity contribution >= 4 is 96.6 Å². The Kier molecular flexibility index (Phi) is 10.6. The van der Waals surface area contributed by atoms with Crippen LogP contribution in [0.5, 0.6) is 0 Å². The van der Waals surface area contributed by atoms with Crippen LogP contribution in [0.4, 0.5) is 17.1 Å². The van der Waals surface area contributed by atoms with Crippen molar-refractivity contribution in [3.63, 3.8) is 0 Å². The molecule has 12 heteroatoms. The van der Waals surface area contributed by atoms with E-state index in [4.69, 9.17) is 15.9 Å². The van der Waals surface area contributed by atoms with Gasteiger partial charge in [0, 0.05) is 13.8 Å². The van der Waals surface area contributed by atoms with Crippen molar-refractivity contribution in [2.45, 2.75) is 26.1 Å². The van der Waals surface area contributed by atoms with Crippen LogP contribution < -0.4 is 15.5 Å². The second-order valence-corrected chi connectivity index (χ2v) is 9.22. The lowest BCUT2D eigenvalue weighted by Gasteiger charge is -2.32. The molecule has 2 amide bonds. The average molecular weight is 733 g/mol. The number of carbonyl (C=O) groups excluding carboxylic acids is 2. The van der Waals surface area contributed by atoms with Gasteiger partial charge in [-0.25, -0.2) is 0 Å². The third-order valence-corrected chi connectivity index (χ3v) is 7.02. The summed E-state index contributed by atoms with van der Waals surface area (Å²) in [5.41, 5.74) is 7.37. The van der Waals surface area contributed by atoms with E-state index in [1.165, 1.54) is 23.6 Å². The van der Waals surface area contributed by atoms with Crippen molar-refractivity contribution in [3.05, 3.63) is 10.7 Å². The van der Waals surface area contributed by atoms with E-state index >= 15 is 0 Å². The smallest absolute Gasteiger partial charge is 0.224 e. The molecule has 0 bridgehead atoms. The molecule has 0 aliphatic heterocycles. The first-order valence-corrected chi connectivity index (χ1v) is 11.3. The summed E-state index contributed by atoms with van der Waals surface area (Å²) in [4.78, 5) is 27.1. The summed E-state index contributed by atoms with van der Waals surface area (Å²) < 4.78 is 1.63. The number of hydrogen-bond acceptors (Lipinski definition) is 7. The summed E-state index contributed by atoms with van der Waals surface area (Å²) >= 11 is 5.96. The number of hydrogen-bond donors (Lipinski definition) is 5. The fourth-order valence-corrected chi connectivity index (χ4v) is 6.75. The molecule has 9 nitrogen and oxygen atoms in total. The summed E-state index contributed by atoms with van der Waals surface area (Å²) in [5.74, 6) is -0.751. The van der Waals surface area contributed by atoms with Gasteiger partial charge in [-0.2, -0.15) is 0 Å². The fraction of sp³-hybridized carbons (Fsp3) is 0.500. The first kappa shape index (κ1) is 26.0. The minimum Gasteiger partial charge on any atom is -0.397 e. The Labute approximate surface area is 203 Å². The van der Waals surface area contributed by atoms with Gasteiger partial charge in [-0.1, -0.05) is 0 Å². The molecule has 0 radical (unpaired) electrons. The Morgan fingerprint density at radius 3 is 1.43 bits per heavy atom. The minimum absolute atomic E-state index is 0.156. The quantitative estimate of drug-likeness (QED) is 0.193. The molecule has 1 aromatic rings. The molecule has 2 atom stereocenters. The van der Waals surface area contributed by atoms with E-state index < -0.39 is 25.4 Å². The number of benzene rings is 1. The highest BCUT2D eigenvalue weighted by Gasteiger charge is 2.30. The van der Waals surface area contributed by atoms with E-state index in [2.05, 4.69) is 0 Å². The number of rotatable bonds is 8. The number of amides is 2. The van der Waals surface area contributed by atoms with E-state index in [-0.39, 0.29) is 24.9 Å². The number of anilines is 3. The van der Waals surface area contributed by atoms with E-state index in [1.807, 2.05) is 67.8 Å². The molecule has 0 saturated heterocycles. The number of aliphatic hydroxyl groups excluding tert-OH is 4. The lowest BCUT2D eigenvalue weighted by molar-refractivity contribution is -0.117. The van der Waals surface area contributed by atoms with Gasteiger partial charge >= 0.3 is 0 Å². The summed E-state index contributed by atoms with van der Waals surface area (Å²) in [6.07, 6.45) is -2.31. The van der Waals surface area contributed by atoms with E-state index in [9.17, 15) is 19.8 Å². The van der Waals surface area contributed by atoms with E-state index in [0.29, 0.717) is 27.8 Å².